The molecule has 0 bridgehead atoms. The maximum Gasteiger partial charge on any atom is 0.332 e. The fourth-order valence-electron chi connectivity index (χ4n) is 2.53. The molecule has 0 radical (unpaired) electrons. The summed E-state index contributed by atoms with van der Waals surface area (Å²) in [5.41, 5.74) is 11.3. The zero-order valence-corrected chi connectivity index (χ0v) is 15.2. The van der Waals surface area contributed by atoms with E-state index >= 15 is 0 Å². The molecule has 1 amide bonds. The zero-order chi connectivity index (χ0) is 18.4. The fourth-order valence-corrected chi connectivity index (χ4v) is 3.46. The summed E-state index contributed by atoms with van der Waals surface area (Å²) in [5.74, 6) is -0.624. The van der Waals surface area contributed by atoms with Gasteiger partial charge < -0.3 is 25.8 Å². The van der Waals surface area contributed by atoms with Gasteiger partial charge in [-0.25, -0.2) is 9.78 Å². The molecular weight excluding hydrogens is 346 g/mol. The maximum absolute atomic E-state index is 12.7. The number of aliphatic imine (C=N–C) groups is 1. The van der Waals surface area contributed by atoms with Crippen molar-refractivity contribution in [3.05, 3.63) is 10.6 Å². The lowest BCUT2D eigenvalue weighted by molar-refractivity contribution is -0.151. The number of carbonyl (C=O) groups excluding carboxylic acids is 2. The van der Waals surface area contributed by atoms with Crippen LogP contribution in [-0.2, 0) is 14.3 Å². The van der Waals surface area contributed by atoms with Crippen LogP contribution in [0.2, 0.25) is 0 Å². The van der Waals surface area contributed by atoms with Crippen molar-refractivity contribution in [1.82, 2.24) is 9.88 Å². The van der Waals surface area contributed by atoms with Gasteiger partial charge in [0.05, 0.1) is 18.4 Å². The monoisotopic (exact) mass is 369 g/mol. The van der Waals surface area contributed by atoms with E-state index in [1.54, 1.807) is 18.7 Å². The Hall–Kier alpha value is -2.20. The van der Waals surface area contributed by atoms with Crippen LogP contribution in [0.25, 0.3) is 0 Å². The second kappa shape index (κ2) is 8.77. The number of esters is 1. The van der Waals surface area contributed by atoms with Crippen LogP contribution in [0.4, 0.5) is 5.13 Å². The smallest absolute Gasteiger partial charge is 0.332 e. The van der Waals surface area contributed by atoms with Crippen molar-refractivity contribution in [2.75, 3.05) is 26.3 Å². The number of likely N-dealkylation sites (tertiary alicyclic amines) is 1. The second-order valence-corrected chi connectivity index (χ2v) is 6.56. The molecule has 4 N–H and O–H groups in total. The molecule has 25 heavy (non-hydrogen) atoms. The van der Waals surface area contributed by atoms with Crippen LogP contribution in [0, 0.1) is 6.92 Å². The number of nitrogens with zero attached hydrogens (tertiary/aromatic N) is 3. The van der Waals surface area contributed by atoms with Crippen molar-refractivity contribution < 1.29 is 19.1 Å². The maximum atomic E-state index is 12.7. The molecule has 0 spiro atoms. The molecule has 10 heteroatoms. The molecule has 0 saturated carbocycles. The van der Waals surface area contributed by atoms with Crippen LogP contribution < -0.4 is 11.5 Å². The molecular formula is C15H23N5O4S. The summed E-state index contributed by atoms with van der Waals surface area (Å²) in [6.45, 7) is 4.76. The van der Waals surface area contributed by atoms with Gasteiger partial charge in [-0.15, -0.1) is 0 Å². The minimum atomic E-state index is -0.397. The Kier molecular flexibility index (Phi) is 6.71. The fraction of sp³-hybridized carbons (Fsp3) is 0.600. The Balaban J connectivity index is 1.98. The van der Waals surface area contributed by atoms with E-state index in [1.807, 2.05) is 0 Å². The van der Waals surface area contributed by atoms with Gasteiger partial charge in [0.1, 0.15) is 11.5 Å². The highest BCUT2D eigenvalue weighted by atomic mass is 32.1. The number of piperidine rings is 1. The third-order valence-electron chi connectivity index (χ3n) is 3.61. The third-order valence-corrected chi connectivity index (χ3v) is 4.65. The van der Waals surface area contributed by atoms with Crippen molar-refractivity contribution in [1.29, 1.82) is 0 Å². The first-order chi connectivity index (χ1) is 11.9. The summed E-state index contributed by atoms with van der Waals surface area (Å²) in [6.07, 6.45) is 1.41. The van der Waals surface area contributed by atoms with Gasteiger partial charge in [0.2, 0.25) is 5.13 Å². The molecule has 1 fully saturated rings. The molecule has 2 rings (SSSR count). The van der Waals surface area contributed by atoms with Crippen LogP contribution >= 0.6 is 11.3 Å². The van der Waals surface area contributed by atoms with Gasteiger partial charge in [0, 0.05) is 13.1 Å². The summed E-state index contributed by atoms with van der Waals surface area (Å²) in [4.78, 5) is 34.4. The first-order valence-electron chi connectivity index (χ1n) is 8.04. The van der Waals surface area contributed by atoms with Crippen LogP contribution in [0.15, 0.2) is 4.99 Å². The molecule has 1 aromatic heterocycles. The topological polar surface area (TPSA) is 133 Å². The van der Waals surface area contributed by atoms with Crippen molar-refractivity contribution >= 4 is 34.3 Å². The van der Waals surface area contributed by atoms with Gasteiger partial charge in [-0.3, -0.25) is 4.79 Å². The van der Waals surface area contributed by atoms with Gasteiger partial charge in [0.25, 0.3) is 5.91 Å². The van der Waals surface area contributed by atoms with E-state index < -0.39 is 5.97 Å². The molecule has 1 aliphatic heterocycles. The highest BCUT2D eigenvalue weighted by molar-refractivity contribution is 7.17. The van der Waals surface area contributed by atoms with Crippen LogP contribution in [0.1, 0.15) is 35.1 Å². The Labute approximate surface area is 150 Å². The normalized spacial score (nSPS) is 17.2. The number of thiazole rings is 1. The minimum Gasteiger partial charge on any atom is -0.464 e. The lowest BCUT2D eigenvalue weighted by Crippen LogP contribution is -2.43. The number of aryl methyl sites for hydroxylation is 1. The summed E-state index contributed by atoms with van der Waals surface area (Å²) in [7, 11) is 0. The summed E-state index contributed by atoms with van der Waals surface area (Å²) >= 11 is 1.15. The molecule has 0 aromatic carbocycles. The molecule has 1 unspecified atom stereocenters. The lowest BCUT2D eigenvalue weighted by atomic mass is 10.1. The summed E-state index contributed by atoms with van der Waals surface area (Å²) in [6, 6.07) is 0. The van der Waals surface area contributed by atoms with Gasteiger partial charge >= 0.3 is 5.97 Å². The van der Waals surface area contributed by atoms with Gasteiger partial charge in [-0.1, -0.05) is 11.3 Å². The highest BCUT2D eigenvalue weighted by Gasteiger charge is 2.28. The van der Waals surface area contributed by atoms with Crippen LogP contribution in [0.3, 0.4) is 0 Å². The summed E-state index contributed by atoms with van der Waals surface area (Å²) < 4.78 is 10.4. The number of nitrogens with two attached hydrogens (primary N) is 2. The van der Waals surface area contributed by atoms with Gasteiger partial charge in [0.15, 0.2) is 5.96 Å². The van der Waals surface area contributed by atoms with Gasteiger partial charge in [-0.05, 0) is 26.7 Å². The minimum absolute atomic E-state index is 0.0989. The molecule has 1 aromatic rings. The Morgan fingerprint density at radius 1 is 1.44 bits per heavy atom. The highest BCUT2D eigenvalue weighted by Crippen LogP contribution is 2.27. The Morgan fingerprint density at radius 2 is 2.20 bits per heavy atom. The largest absolute Gasteiger partial charge is 0.464 e. The standard InChI is InChI=1S/C15H23N5O4S/c1-3-23-11(21)8-24-10-5-4-6-20(7-10)13(22)12-9(2)18-15(25-12)19-14(16)17/h10H,3-8H2,1-2H3,(H4,16,17,18,19). The van der Waals surface area contributed by atoms with Crippen molar-refractivity contribution in [3.8, 4) is 0 Å². The number of amides is 1. The number of hydrogen-bond acceptors (Lipinski definition) is 7. The second-order valence-electron chi connectivity index (χ2n) is 5.58. The number of hydrogen-bond donors (Lipinski definition) is 2. The molecule has 0 aliphatic carbocycles. The molecule has 138 valence electrons. The van der Waals surface area contributed by atoms with Crippen molar-refractivity contribution in [3.63, 3.8) is 0 Å². The first-order valence-corrected chi connectivity index (χ1v) is 8.86. The molecule has 1 aliphatic rings. The molecule has 1 saturated heterocycles. The van der Waals surface area contributed by atoms with E-state index in [9.17, 15) is 9.59 Å². The summed E-state index contributed by atoms with van der Waals surface area (Å²) in [5, 5.41) is 0.355. The lowest BCUT2D eigenvalue weighted by Gasteiger charge is -2.32. The van der Waals surface area contributed by atoms with Crippen LogP contribution in [0.5, 0.6) is 0 Å². The van der Waals surface area contributed by atoms with E-state index in [1.165, 1.54) is 0 Å². The number of aromatic nitrogens is 1. The molecule has 9 nitrogen and oxygen atoms in total. The SMILES string of the molecule is CCOC(=O)COC1CCCN(C(=O)c2sc(N=C(N)N)nc2C)C1. The average Bonchev–Trinajstić information content (AvgIpc) is 2.92. The Morgan fingerprint density at radius 3 is 2.88 bits per heavy atom. The molecule has 2 heterocycles. The third kappa shape index (κ3) is 5.40. The molecule has 1 atom stereocenters. The first kappa shape index (κ1) is 19.1. The number of ether oxygens (including phenoxy) is 2. The van der Waals surface area contributed by atoms with E-state index in [4.69, 9.17) is 20.9 Å². The van der Waals surface area contributed by atoms with E-state index in [2.05, 4.69) is 9.98 Å². The van der Waals surface area contributed by atoms with E-state index in [-0.39, 0.29) is 24.6 Å². The van der Waals surface area contributed by atoms with Crippen molar-refractivity contribution in [2.45, 2.75) is 32.8 Å². The van der Waals surface area contributed by atoms with E-state index in [0.717, 1.165) is 24.2 Å². The zero-order valence-electron chi connectivity index (χ0n) is 14.4. The van der Waals surface area contributed by atoms with Crippen LogP contribution in [-0.4, -0.2) is 60.1 Å². The predicted molar refractivity (Wildman–Crippen MR) is 93.8 cm³/mol. The average molecular weight is 369 g/mol. The van der Waals surface area contributed by atoms with Crippen molar-refractivity contribution in [2.24, 2.45) is 16.5 Å². The Bertz CT molecular complexity index is 656. The van der Waals surface area contributed by atoms with Gasteiger partial charge in [-0.2, -0.15) is 4.99 Å². The number of carbonyl (C=O) groups is 2. The number of rotatable bonds is 6. The van der Waals surface area contributed by atoms with E-state index in [0.29, 0.717) is 35.4 Å². The number of guanidine groups is 1. The predicted octanol–water partition coefficient (Wildman–Crippen LogP) is 0.541. The quantitative estimate of drug-likeness (QED) is 0.425.